The van der Waals surface area contributed by atoms with Crippen molar-refractivity contribution < 1.29 is 14.4 Å². The molecule has 0 spiro atoms. The second-order valence-electron chi connectivity index (χ2n) is 5.06. The van der Waals surface area contributed by atoms with E-state index in [0.717, 1.165) is 5.56 Å². The van der Waals surface area contributed by atoms with Gasteiger partial charge in [-0.1, -0.05) is 29.8 Å². The van der Waals surface area contributed by atoms with Crippen LogP contribution in [-0.2, 0) is 0 Å². The minimum absolute atomic E-state index is 0.0305. The average molecular weight is 308 g/mol. The maximum Gasteiger partial charge on any atom is 0.280 e. The molecule has 6 nitrogen and oxygen atoms in total. The van der Waals surface area contributed by atoms with Crippen molar-refractivity contribution in [3.05, 3.63) is 63.2 Å². The van der Waals surface area contributed by atoms with E-state index in [4.69, 9.17) is 9.47 Å². The molecule has 0 saturated carbocycles. The Kier molecular flexibility index (Phi) is 3.69. The van der Waals surface area contributed by atoms with Crippen LogP contribution in [0.3, 0.4) is 0 Å². The summed E-state index contributed by atoms with van der Waals surface area (Å²) in [5, 5.41) is 20.7. The molecule has 0 aromatic heterocycles. The fraction of sp³-hybridized carbons (Fsp3) is 0.118. The molecule has 0 aliphatic carbocycles. The molecule has 0 N–H and O–H groups in total. The van der Waals surface area contributed by atoms with E-state index in [0.29, 0.717) is 28.2 Å². The number of nitriles is 1. The van der Waals surface area contributed by atoms with Gasteiger partial charge in [0.25, 0.3) is 5.69 Å². The van der Waals surface area contributed by atoms with E-state index in [-0.39, 0.29) is 12.5 Å². The highest BCUT2D eigenvalue weighted by molar-refractivity contribution is 5.91. The predicted molar refractivity (Wildman–Crippen MR) is 83.9 cm³/mol. The van der Waals surface area contributed by atoms with Gasteiger partial charge < -0.3 is 9.47 Å². The van der Waals surface area contributed by atoms with Gasteiger partial charge in [-0.15, -0.1) is 0 Å². The van der Waals surface area contributed by atoms with E-state index >= 15 is 0 Å². The monoisotopic (exact) mass is 308 g/mol. The van der Waals surface area contributed by atoms with Gasteiger partial charge in [-0.2, -0.15) is 5.26 Å². The molecule has 114 valence electrons. The van der Waals surface area contributed by atoms with Crippen LogP contribution in [0, 0.1) is 28.4 Å². The fourth-order valence-corrected chi connectivity index (χ4v) is 2.29. The van der Waals surface area contributed by atoms with Crippen molar-refractivity contribution >= 4 is 17.3 Å². The van der Waals surface area contributed by atoms with E-state index < -0.39 is 4.92 Å². The van der Waals surface area contributed by atoms with Crippen LogP contribution in [-0.4, -0.2) is 11.7 Å². The smallest absolute Gasteiger partial charge is 0.280 e. The lowest BCUT2D eigenvalue weighted by Gasteiger charge is -2.03. The standard InChI is InChI=1S/C17H12N2O4/c1-11-2-4-12(5-3-11)14(9-18)6-13-7-16-17(23-10-22-16)8-15(13)19(20)21/h2-8H,10H2,1H3/b14-6+. The lowest BCUT2D eigenvalue weighted by atomic mass is 10.0. The number of benzene rings is 2. The first-order chi connectivity index (χ1) is 11.1. The van der Waals surface area contributed by atoms with Crippen molar-refractivity contribution in [2.24, 2.45) is 0 Å². The molecule has 3 rings (SSSR count). The van der Waals surface area contributed by atoms with Crippen molar-refractivity contribution in [2.45, 2.75) is 6.92 Å². The van der Waals surface area contributed by atoms with Crippen LogP contribution in [0.2, 0.25) is 0 Å². The molecule has 0 atom stereocenters. The molecule has 6 heteroatoms. The Labute approximate surface area is 132 Å². The van der Waals surface area contributed by atoms with Crippen LogP contribution in [0.1, 0.15) is 16.7 Å². The lowest BCUT2D eigenvalue weighted by Crippen LogP contribution is -1.93. The Morgan fingerprint density at radius 1 is 1.26 bits per heavy atom. The molecule has 0 amide bonds. The summed E-state index contributed by atoms with van der Waals surface area (Å²) in [5.74, 6) is 0.769. The highest BCUT2D eigenvalue weighted by atomic mass is 16.7. The van der Waals surface area contributed by atoms with Gasteiger partial charge in [-0.25, -0.2) is 0 Å². The van der Waals surface area contributed by atoms with Crippen LogP contribution in [0.25, 0.3) is 11.6 Å². The number of rotatable bonds is 3. The van der Waals surface area contributed by atoms with Crippen molar-refractivity contribution in [1.29, 1.82) is 5.26 Å². The van der Waals surface area contributed by atoms with Gasteiger partial charge in [0.2, 0.25) is 6.79 Å². The molecule has 1 aliphatic rings. The molecule has 0 fully saturated rings. The number of hydrogen-bond donors (Lipinski definition) is 0. The number of nitrogens with zero attached hydrogens (tertiary/aromatic N) is 2. The Morgan fingerprint density at radius 3 is 2.52 bits per heavy atom. The molecule has 23 heavy (non-hydrogen) atoms. The second-order valence-corrected chi connectivity index (χ2v) is 5.06. The summed E-state index contributed by atoms with van der Waals surface area (Å²) in [5.41, 5.74) is 2.28. The first-order valence-electron chi connectivity index (χ1n) is 6.85. The first-order valence-corrected chi connectivity index (χ1v) is 6.85. The quantitative estimate of drug-likeness (QED) is 0.373. The molecule has 1 heterocycles. The zero-order valence-corrected chi connectivity index (χ0v) is 12.3. The largest absolute Gasteiger partial charge is 0.454 e. The average Bonchev–Trinajstić information content (AvgIpc) is 3.00. The number of aryl methyl sites for hydroxylation is 1. The summed E-state index contributed by atoms with van der Waals surface area (Å²) >= 11 is 0. The Morgan fingerprint density at radius 2 is 1.91 bits per heavy atom. The number of nitro groups is 1. The number of allylic oxidation sites excluding steroid dienone is 1. The number of fused-ring (bicyclic) bond motifs is 1. The van der Waals surface area contributed by atoms with E-state index in [1.54, 1.807) is 0 Å². The van der Waals surface area contributed by atoms with E-state index in [2.05, 4.69) is 6.07 Å². The molecule has 2 aromatic carbocycles. The van der Waals surface area contributed by atoms with E-state index in [1.807, 2.05) is 31.2 Å². The summed E-state index contributed by atoms with van der Waals surface area (Å²) in [4.78, 5) is 10.8. The third kappa shape index (κ3) is 2.85. The molecule has 1 aliphatic heterocycles. The summed E-state index contributed by atoms with van der Waals surface area (Å²) in [6.07, 6.45) is 1.49. The zero-order valence-electron chi connectivity index (χ0n) is 12.3. The third-order valence-corrected chi connectivity index (χ3v) is 3.50. The second kappa shape index (κ2) is 5.81. The molecular formula is C17H12N2O4. The lowest BCUT2D eigenvalue weighted by molar-refractivity contribution is -0.385. The van der Waals surface area contributed by atoms with E-state index in [9.17, 15) is 15.4 Å². The van der Waals surface area contributed by atoms with Gasteiger partial charge in [0.1, 0.15) is 0 Å². The fourth-order valence-electron chi connectivity index (χ4n) is 2.29. The van der Waals surface area contributed by atoms with Crippen molar-refractivity contribution in [2.75, 3.05) is 6.79 Å². The van der Waals surface area contributed by atoms with Gasteiger partial charge >= 0.3 is 0 Å². The number of ether oxygens (including phenoxy) is 2. The van der Waals surface area contributed by atoms with Gasteiger partial charge in [-0.05, 0) is 24.6 Å². The zero-order chi connectivity index (χ0) is 16.4. The maximum absolute atomic E-state index is 11.3. The van der Waals surface area contributed by atoms with Crippen LogP contribution in [0.5, 0.6) is 11.5 Å². The normalized spacial score (nSPS) is 12.8. The van der Waals surface area contributed by atoms with Gasteiger partial charge in [0, 0.05) is 0 Å². The highest BCUT2D eigenvalue weighted by Gasteiger charge is 2.22. The predicted octanol–water partition coefficient (Wildman–Crippen LogP) is 3.70. The van der Waals surface area contributed by atoms with Gasteiger partial charge in [-0.3, -0.25) is 10.1 Å². The summed E-state index contributed by atoms with van der Waals surface area (Å²) in [6, 6.07) is 12.3. The summed E-state index contributed by atoms with van der Waals surface area (Å²) < 4.78 is 10.4. The molecular weight excluding hydrogens is 296 g/mol. The molecule has 2 aromatic rings. The van der Waals surface area contributed by atoms with Crippen LogP contribution in [0.15, 0.2) is 36.4 Å². The number of hydrogen-bond acceptors (Lipinski definition) is 5. The Bertz CT molecular complexity index is 848. The van der Waals surface area contributed by atoms with E-state index in [1.165, 1.54) is 18.2 Å². The van der Waals surface area contributed by atoms with Gasteiger partial charge in [0.15, 0.2) is 11.5 Å². The minimum Gasteiger partial charge on any atom is -0.454 e. The van der Waals surface area contributed by atoms with Crippen LogP contribution >= 0.6 is 0 Å². The Hall–Kier alpha value is -3.33. The molecule has 0 bridgehead atoms. The van der Waals surface area contributed by atoms with Gasteiger partial charge in [0.05, 0.1) is 28.2 Å². The topological polar surface area (TPSA) is 85.4 Å². The summed E-state index contributed by atoms with van der Waals surface area (Å²) in [6.45, 7) is 1.98. The van der Waals surface area contributed by atoms with Crippen LogP contribution in [0.4, 0.5) is 5.69 Å². The summed E-state index contributed by atoms with van der Waals surface area (Å²) in [7, 11) is 0. The minimum atomic E-state index is -0.502. The van der Waals surface area contributed by atoms with Crippen molar-refractivity contribution in [3.63, 3.8) is 0 Å². The SMILES string of the molecule is Cc1ccc(/C(C#N)=C/c2cc3c(cc2[N+](=O)[O-])OCO3)cc1. The van der Waals surface area contributed by atoms with Crippen LogP contribution < -0.4 is 9.47 Å². The highest BCUT2D eigenvalue weighted by Crippen LogP contribution is 2.39. The molecule has 0 radical (unpaired) electrons. The maximum atomic E-state index is 11.3. The molecule has 0 saturated heterocycles. The molecule has 0 unspecified atom stereocenters. The third-order valence-electron chi connectivity index (χ3n) is 3.50. The van der Waals surface area contributed by atoms with Crippen molar-refractivity contribution in [3.8, 4) is 17.6 Å². The van der Waals surface area contributed by atoms with Crippen molar-refractivity contribution in [1.82, 2.24) is 0 Å². The first kappa shape index (κ1) is 14.6. The Balaban J connectivity index is 2.11. The number of nitro benzene ring substituents is 1.